The van der Waals surface area contributed by atoms with Crippen molar-refractivity contribution in [2.45, 2.75) is 39.0 Å². The molecule has 1 aromatic heterocycles. The van der Waals surface area contributed by atoms with Crippen molar-refractivity contribution in [2.75, 3.05) is 64.1 Å². The summed E-state index contributed by atoms with van der Waals surface area (Å²) in [6.07, 6.45) is 5.57. The molecular formula is C20H36IN5O2S. The minimum atomic E-state index is 0. The predicted octanol–water partition coefficient (Wildman–Crippen LogP) is 2.90. The van der Waals surface area contributed by atoms with E-state index >= 15 is 0 Å². The minimum Gasteiger partial charge on any atom is -0.381 e. The third kappa shape index (κ3) is 8.94. The van der Waals surface area contributed by atoms with E-state index in [2.05, 4.69) is 32.8 Å². The van der Waals surface area contributed by atoms with E-state index in [1.165, 1.54) is 23.7 Å². The topological polar surface area (TPSA) is 71.0 Å². The summed E-state index contributed by atoms with van der Waals surface area (Å²) in [4.78, 5) is 11.8. The number of aliphatic imine (C=N–C) groups is 1. The molecule has 2 aliphatic heterocycles. The Labute approximate surface area is 196 Å². The maximum absolute atomic E-state index is 5.74. The lowest BCUT2D eigenvalue weighted by Gasteiger charge is -2.12. The van der Waals surface area contributed by atoms with Gasteiger partial charge in [-0.25, -0.2) is 4.98 Å². The van der Waals surface area contributed by atoms with Crippen LogP contribution in [-0.4, -0.2) is 70.1 Å². The van der Waals surface area contributed by atoms with Gasteiger partial charge in [0.2, 0.25) is 0 Å². The van der Waals surface area contributed by atoms with Crippen LogP contribution in [0.15, 0.2) is 10.4 Å². The molecule has 29 heavy (non-hydrogen) atoms. The molecule has 0 aliphatic carbocycles. The van der Waals surface area contributed by atoms with Crippen molar-refractivity contribution in [1.29, 1.82) is 0 Å². The molecule has 2 N–H and O–H groups in total. The number of hydrogen-bond donors (Lipinski definition) is 2. The van der Waals surface area contributed by atoms with Gasteiger partial charge >= 0.3 is 0 Å². The lowest BCUT2D eigenvalue weighted by Crippen LogP contribution is -2.38. The number of anilines is 1. The highest BCUT2D eigenvalue weighted by Gasteiger charge is 2.16. The zero-order valence-electron chi connectivity index (χ0n) is 17.5. The highest BCUT2D eigenvalue weighted by Crippen LogP contribution is 2.24. The number of nitrogens with zero attached hydrogens (tertiary/aromatic N) is 3. The average Bonchev–Trinajstić information content (AvgIpc) is 3.47. The molecule has 2 fully saturated rings. The first-order valence-electron chi connectivity index (χ1n) is 10.7. The molecule has 3 heterocycles. The summed E-state index contributed by atoms with van der Waals surface area (Å²) in [5.74, 6) is 1.46. The third-order valence-electron chi connectivity index (χ3n) is 5.03. The Hall–Kier alpha value is -0.650. The van der Waals surface area contributed by atoms with Crippen LogP contribution in [0.3, 0.4) is 0 Å². The van der Waals surface area contributed by atoms with Crippen molar-refractivity contribution in [1.82, 2.24) is 15.6 Å². The van der Waals surface area contributed by atoms with Gasteiger partial charge in [-0.2, -0.15) is 0 Å². The zero-order chi connectivity index (χ0) is 19.4. The molecule has 1 atom stereocenters. The van der Waals surface area contributed by atoms with Gasteiger partial charge in [-0.1, -0.05) is 0 Å². The first-order chi connectivity index (χ1) is 13.8. The highest BCUT2D eigenvalue weighted by molar-refractivity contribution is 14.0. The molecule has 0 spiro atoms. The Morgan fingerprint density at radius 2 is 2.24 bits per heavy atom. The minimum absolute atomic E-state index is 0. The summed E-state index contributed by atoms with van der Waals surface area (Å²) in [7, 11) is 0. The summed E-state index contributed by atoms with van der Waals surface area (Å²) >= 11 is 1.77. The number of aromatic nitrogens is 1. The monoisotopic (exact) mass is 537 g/mol. The molecule has 166 valence electrons. The number of thiazole rings is 1. The molecule has 0 radical (unpaired) electrons. The van der Waals surface area contributed by atoms with Crippen LogP contribution in [0.4, 0.5) is 5.13 Å². The first kappa shape index (κ1) is 24.6. The summed E-state index contributed by atoms with van der Waals surface area (Å²) < 4.78 is 11.1. The van der Waals surface area contributed by atoms with Gasteiger partial charge in [0.05, 0.1) is 18.9 Å². The van der Waals surface area contributed by atoms with Gasteiger partial charge in [0, 0.05) is 63.7 Å². The Kier molecular flexibility index (Phi) is 12.2. The molecule has 0 amide bonds. The molecule has 1 unspecified atom stereocenters. The second-order valence-corrected chi connectivity index (χ2v) is 8.25. The number of hydrogen-bond acceptors (Lipinski definition) is 6. The molecule has 3 rings (SSSR count). The Morgan fingerprint density at radius 3 is 3.00 bits per heavy atom. The summed E-state index contributed by atoms with van der Waals surface area (Å²) in [5, 5.41) is 10.1. The van der Waals surface area contributed by atoms with Crippen molar-refractivity contribution in [2.24, 2.45) is 10.9 Å². The van der Waals surface area contributed by atoms with E-state index in [1.807, 2.05) is 0 Å². The van der Waals surface area contributed by atoms with E-state index in [-0.39, 0.29) is 24.0 Å². The molecule has 0 bridgehead atoms. The van der Waals surface area contributed by atoms with E-state index in [0.717, 1.165) is 84.4 Å². The molecule has 2 aliphatic rings. The maximum Gasteiger partial charge on any atom is 0.191 e. The smallest absolute Gasteiger partial charge is 0.191 e. The number of rotatable bonds is 11. The molecule has 2 saturated heterocycles. The van der Waals surface area contributed by atoms with E-state index in [4.69, 9.17) is 14.5 Å². The zero-order valence-corrected chi connectivity index (χ0v) is 20.7. The van der Waals surface area contributed by atoms with Crippen LogP contribution in [0.5, 0.6) is 0 Å². The fourth-order valence-corrected chi connectivity index (χ4v) is 4.35. The number of guanidine groups is 1. The molecule has 9 heteroatoms. The quantitative estimate of drug-likeness (QED) is 0.196. The van der Waals surface area contributed by atoms with Crippen molar-refractivity contribution >= 4 is 46.4 Å². The molecular weight excluding hydrogens is 501 g/mol. The SMILES string of the molecule is CCNC(=NCCCOCC1CCOC1)NCCc1csc(N2CCCC2)n1.I. The lowest BCUT2D eigenvalue weighted by molar-refractivity contribution is 0.0893. The number of ether oxygens (including phenoxy) is 2. The summed E-state index contributed by atoms with van der Waals surface area (Å²) in [6, 6.07) is 0. The number of nitrogens with one attached hydrogen (secondary N) is 2. The van der Waals surface area contributed by atoms with Gasteiger partial charge in [0.25, 0.3) is 0 Å². The largest absolute Gasteiger partial charge is 0.381 e. The third-order valence-corrected chi connectivity index (χ3v) is 5.98. The second-order valence-electron chi connectivity index (χ2n) is 7.41. The van der Waals surface area contributed by atoms with Crippen LogP contribution in [0.25, 0.3) is 0 Å². The van der Waals surface area contributed by atoms with Crippen LogP contribution < -0.4 is 15.5 Å². The lowest BCUT2D eigenvalue weighted by atomic mass is 10.1. The Balaban J connectivity index is 0.00000300. The predicted molar refractivity (Wildman–Crippen MR) is 131 cm³/mol. The fourth-order valence-electron chi connectivity index (χ4n) is 3.44. The molecule has 7 nitrogen and oxygen atoms in total. The van der Waals surface area contributed by atoms with E-state index in [9.17, 15) is 0 Å². The van der Waals surface area contributed by atoms with Gasteiger partial charge < -0.3 is 25.0 Å². The van der Waals surface area contributed by atoms with E-state index < -0.39 is 0 Å². The van der Waals surface area contributed by atoms with Gasteiger partial charge in [0.15, 0.2) is 11.1 Å². The van der Waals surface area contributed by atoms with E-state index in [0.29, 0.717) is 5.92 Å². The molecule has 0 aromatic carbocycles. The standard InChI is InChI=1S/C20H35N5O2S.HI/c1-2-21-19(22-8-5-12-26-14-17-7-13-27-15-17)23-9-6-18-16-28-20(24-18)25-10-3-4-11-25;/h16-17H,2-15H2,1H3,(H2,21,22,23);1H. The first-order valence-corrected chi connectivity index (χ1v) is 11.6. The number of halogens is 1. The van der Waals surface area contributed by atoms with Gasteiger partial charge in [-0.3, -0.25) is 4.99 Å². The van der Waals surface area contributed by atoms with Gasteiger partial charge in [-0.05, 0) is 32.6 Å². The average molecular weight is 538 g/mol. The molecule has 1 aromatic rings. The van der Waals surface area contributed by atoms with Gasteiger partial charge in [0.1, 0.15) is 0 Å². The summed E-state index contributed by atoms with van der Waals surface area (Å²) in [6.45, 7) is 10.2. The van der Waals surface area contributed by atoms with Crippen LogP contribution in [-0.2, 0) is 15.9 Å². The second kappa shape index (κ2) is 14.4. The van der Waals surface area contributed by atoms with Crippen molar-refractivity contribution < 1.29 is 9.47 Å². The molecule has 0 saturated carbocycles. The fraction of sp³-hybridized carbons (Fsp3) is 0.800. The normalized spacial score (nSPS) is 19.4. The van der Waals surface area contributed by atoms with Crippen LogP contribution in [0.1, 0.15) is 38.3 Å². The highest BCUT2D eigenvalue weighted by atomic mass is 127. The van der Waals surface area contributed by atoms with Crippen molar-refractivity contribution in [3.63, 3.8) is 0 Å². The van der Waals surface area contributed by atoms with Crippen molar-refractivity contribution in [3.8, 4) is 0 Å². The van der Waals surface area contributed by atoms with Crippen LogP contribution in [0.2, 0.25) is 0 Å². The maximum atomic E-state index is 5.74. The van der Waals surface area contributed by atoms with Crippen LogP contribution >= 0.6 is 35.3 Å². The van der Waals surface area contributed by atoms with E-state index in [1.54, 1.807) is 11.3 Å². The Morgan fingerprint density at radius 1 is 1.38 bits per heavy atom. The van der Waals surface area contributed by atoms with Crippen LogP contribution in [0, 0.1) is 5.92 Å². The Bertz CT molecular complexity index is 589. The van der Waals surface area contributed by atoms with Crippen molar-refractivity contribution in [3.05, 3.63) is 11.1 Å². The summed E-state index contributed by atoms with van der Waals surface area (Å²) in [5.41, 5.74) is 1.17. The van der Waals surface area contributed by atoms with Gasteiger partial charge in [-0.15, -0.1) is 35.3 Å².